The van der Waals surface area contributed by atoms with Gasteiger partial charge in [0.2, 0.25) is 0 Å². The number of carboxylic acids is 2. The van der Waals surface area contributed by atoms with Gasteiger partial charge in [0, 0.05) is 0 Å². The van der Waals surface area contributed by atoms with Gasteiger partial charge in [0.1, 0.15) is 10.4 Å². The van der Waals surface area contributed by atoms with Crippen LogP contribution in [0.5, 0.6) is 11.5 Å². The number of thiocarbonyl (C=S) groups is 1. The lowest BCUT2D eigenvalue weighted by Gasteiger charge is -2.21. The molecule has 0 bridgehead atoms. The van der Waals surface area contributed by atoms with Crippen molar-refractivity contribution in [3.8, 4) is 11.5 Å². The quantitative estimate of drug-likeness (QED) is 0.343. The predicted molar refractivity (Wildman–Crippen MR) is 88.5 cm³/mol. The molecule has 1 heterocycles. The molecule has 1 amide bonds. The second kappa shape index (κ2) is 6.89. The topological polar surface area (TPSA) is 135 Å². The Hall–Kier alpha value is -2.59. The van der Waals surface area contributed by atoms with Crippen LogP contribution in [-0.4, -0.2) is 53.5 Å². The minimum absolute atomic E-state index is 0.0668. The number of benzene rings is 1. The van der Waals surface area contributed by atoms with Gasteiger partial charge in [-0.25, -0.2) is 4.79 Å². The molecule has 1 aliphatic rings. The van der Waals surface area contributed by atoms with E-state index in [1.807, 2.05) is 0 Å². The largest absolute Gasteiger partial charge is 0.504 e. The highest BCUT2D eigenvalue weighted by molar-refractivity contribution is 8.26. The molecule has 2 rings (SSSR count). The van der Waals surface area contributed by atoms with Crippen molar-refractivity contribution in [2.24, 2.45) is 0 Å². The van der Waals surface area contributed by atoms with Crippen molar-refractivity contribution in [1.29, 1.82) is 0 Å². The van der Waals surface area contributed by atoms with E-state index in [9.17, 15) is 24.6 Å². The van der Waals surface area contributed by atoms with Crippen LogP contribution in [0.15, 0.2) is 23.1 Å². The average molecular weight is 369 g/mol. The van der Waals surface area contributed by atoms with Crippen LogP contribution in [0.2, 0.25) is 0 Å². The van der Waals surface area contributed by atoms with Crippen LogP contribution in [0.25, 0.3) is 6.08 Å². The van der Waals surface area contributed by atoms with E-state index < -0.39 is 30.3 Å². The number of carbonyl (C=O) groups excluding carboxylic acids is 1. The number of rotatable bonds is 5. The van der Waals surface area contributed by atoms with E-state index in [0.29, 0.717) is 5.56 Å². The van der Waals surface area contributed by atoms with Gasteiger partial charge in [0.05, 0.1) is 11.3 Å². The van der Waals surface area contributed by atoms with Gasteiger partial charge in [-0.05, 0) is 23.8 Å². The van der Waals surface area contributed by atoms with Crippen molar-refractivity contribution in [1.82, 2.24) is 4.90 Å². The van der Waals surface area contributed by atoms with Gasteiger partial charge < -0.3 is 20.4 Å². The Kier molecular flexibility index (Phi) is 5.10. The zero-order chi connectivity index (χ0) is 18.0. The van der Waals surface area contributed by atoms with E-state index in [4.69, 9.17) is 22.4 Å². The lowest BCUT2D eigenvalue weighted by Crippen LogP contribution is -2.45. The number of aromatic hydroxyl groups is 2. The zero-order valence-electron chi connectivity index (χ0n) is 11.9. The number of phenols is 2. The molecule has 0 saturated carbocycles. The first-order valence-corrected chi connectivity index (χ1v) is 7.67. The molecule has 1 aromatic rings. The fourth-order valence-corrected chi connectivity index (χ4v) is 3.34. The average Bonchev–Trinajstić information content (AvgIpc) is 2.75. The van der Waals surface area contributed by atoms with E-state index in [1.165, 1.54) is 24.3 Å². The molecule has 1 aromatic carbocycles. The molecule has 24 heavy (non-hydrogen) atoms. The first kappa shape index (κ1) is 17.8. The summed E-state index contributed by atoms with van der Waals surface area (Å²) in [4.78, 5) is 35.3. The number of aliphatic carboxylic acids is 2. The fraction of sp³-hybridized carbons (Fsp3) is 0.143. The number of phenolic OH excluding ortho intramolecular Hbond substituents is 2. The molecular weight excluding hydrogens is 358 g/mol. The van der Waals surface area contributed by atoms with Gasteiger partial charge in [-0.2, -0.15) is 0 Å². The summed E-state index contributed by atoms with van der Waals surface area (Å²) in [6.45, 7) is 0. The van der Waals surface area contributed by atoms with Crippen molar-refractivity contribution in [3.05, 3.63) is 28.7 Å². The first-order chi connectivity index (χ1) is 11.2. The molecule has 0 aliphatic carbocycles. The summed E-state index contributed by atoms with van der Waals surface area (Å²) in [5, 5.41) is 36.7. The Morgan fingerprint density at radius 1 is 1.25 bits per heavy atom. The molecule has 0 spiro atoms. The molecule has 1 aliphatic heterocycles. The van der Waals surface area contributed by atoms with E-state index >= 15 is 0 Å². The third-order valence-electron chi connectivity index (χ3n) is 3.09. The van der Waals surface area contributed by atoms with Crippen LogP contribution < -0.4 is 0 Å². The number of carbonyl (C=O) groups is 3. The summed E-state index contributed by atoms with van der Waals surface area (Å²) in [7, 11) is 0. The number of hydrogen-bond acceptors (Lipinski definition) is 7. The third kappa shape index (κ3) is 3.66. The molecule has 1 atom stereocenters. The molecule has 4 N–H and O–H groups in total. The van der Waals surface area contributed by atoms with Crippen molar-refractivity contribution < 1.29 is 34.8 Å². The standard InChI is InChI=1S/C14H11NO7S2/c16-8-2-1-6(3-9(8)17)4-10-12(20)15(14(23)24-10)7(13(21)22)5-11(18)19/h1-4,7,16-17H,5H2,(H,18,19)(H,21,22)/b10-4-. The Bertz CT molecular complexity index is 774. The van der Waals surface area contributed by atoms with Gasteiger partial charge in [-0.15, -0.1) is 0 Å². The molecule has 10 heteroatoms. The predicted octanol–water partition coefficient (Wildman–Crippen LogP) is 1.23. The summed E-state index contributed by atoms with van der Waals surface area (Å²) in [5.41, 5.74) is 0.385. The van der Waals surface area contributed by atoms with Gasteiger partial charge in [0.25, 0.3) is 5.91 Å². The zero-order valence-corrected chi connectivity index (χ0v) is 13.5. The minimum Gasteiger partial charge on any atom is -0.504 e. The van der Waals surface area contributed by atoms with Gasteiger partial charge in [-0.1, -0.05) is 30.0 Å². The van der Waals surface area contributed by atoms with E-state index in [0.717, 1.165) is 16.7 Å². The normalized spacial score (nSPS) is 17.3. The van der Waals surface area contributed by atoms with Crippen LogP contribution >= 0.6 is 24.0 Å². The maximum Gasteiger partial charge on any atom is 0.327 e. The molecule has 1 unspecified atom stereocenters. The highest BCUT2D eigenvalue weighted by atomic mass is 32.2. The first-order valence-electron chi connectivity index (χ1n) is 6.44. The number of nitrogens with zero attached hydrogens (tertiary/aromatic N) is 1. The summed E-state index contributed by atoms with van der Waals surface area (Å²) >= 11 is 5.82. The van der Waals surface area contributed by atoms with Gasteiger partial charge in [0.15, 0.2) is 11.5 Å². The Balaban J connectivity index is 2.33. The Morgan fingerprint density at radius 3 is 2.46 bits per heavy atom. The number of thioether (sulfide) groups is 1. The number of hydrogen-bond donors (Lipinski definition) is 4. The highest BCUT2D eigenvalue weighted by Crippen LogP contribution is 2.35. The lowest BCUT2D eigenvalue weighted by molar-refractivity contribution is -0.150. The maximum atomic E-state index is 12.4. The monoisotopic (exact) mass is 369 g/mol. The van der Waals surface area contributed by atoms with Gasteiger partial charge in [-0.3, -0.25) is 14.5 Å². The second-order valence-corrected chi connectivity index (χ2v) is 6.43. The fourth-order valence-electron chi connectivity index (χ4n) is 1.98. The molecule has 0 aromatic heterocycles. The molecule has 1 fully saturated rings. The van der Waals surface area contributed by atoms with Gasteiger partial charge >= 0.3 is 11.9 Å². The Labute approximate surface area is 145 Å². The molecule has 1 saturated heterocycles. The lowest BCUT2D eigenvalue weighted by atomic mass is 10.1. The smallest absolute Gasteiger partial charge is 0.327 e. The second-order valence-electron chi connectivity index (χ2n) is 4.75. The molecular formula is C14H11NO7S2. The number of carboxylic acid groups (broad SMARTS) is 2. The van der Waals surface area contributed by atoms with Crippen molar-refractivity contribution in [2.45, 2.75) is 12.5 Å². The van der Waals surface area contributed by atoms with Crippen LogP contribution in [0, 0.1) is 0 Å². The Morgan fingerprint density at radius 2 is 1.92 bits per heavy atom. The molecule has 126 valence electrons. The summed E-state index contributed by atoms with van der Waals surface area (Å²) in [6.07, 6.45) is 0.577. The minimum atomic E-state index is -1.60. The maximum absolute atomic E-state index is 12.4. The third-order valence-corrected chi connectivity index (χ3v) is 4.42. The van der Waals surface area contributed by atoms with Crippen molar-refractivity contribution in [2.75, 3.05) is 0 Å². The van der Waals surface area contributed by atoms with Crippen LogP contribution in [0.4, 0.5) is 0 Å². The summed E-state index contributed by atoms with van der Waals surface area (Å²) in [5.74, 6) is -4.28. The van der Waals surface area contributed by atoms with Crippen molar-refractivity contribution >= 4 is 52.2 Å². The van der Waals surface area contributed by atoms with Crippen molar-refractivity contribution in [3.63, 3.8) is 0 Å². The van der Waals surface area contributed by atoms with Crippen LogP contribution in [0.1, 0.15) is 12.0 Å². The SMILES string of the molecule is O=C(O)CC(C(=O)O)N1C(=O)/C(=C/c2ccc(O)c(O)c2)SC1=S. The molecule has 0 radical (unpaired) electrons. The van der Waals surface area contributed by atoms with E-state index in [2.05, 4.69) is 0 Å². The van der Waals surface area contributed by atoms with E-state index in [1.54, 1.807) is 0 Å². The van der Waals surface area contributed by atoms with Crippen LogP contribution in [-0.2, 0) is 14.4 Å². The summed E-state index contributed by atoms with van der Waals surface area (Å²) in [6, 6.07) is 2.28. The van der Waals surface area contributed by atoms with E-state index in [-0.39, 0.29) is 20.7 Å². The molecule has 8 nitrogen and oxygen atoms in total. The summed E-state index contributed by atoms with van der Waals surface area (Å²) < 4.78 is -0.0668. The van der Waals surface area contributed by atoms with Crippen LogP contribution in [0.3, 0.4) is 0 Å². The highest BCUT2D eigenvalue weighted by Gasteiger charge is 2.41. The number of amides is 1.